The average molecular weight is 138 g/mol. The van der Waals surface area contributed by atoms with E-state index in [-0.39, 0.29) is 0 Å². The first-order valence-corrected chi connectivity index (χ1v) is 4.38. The molecular formula is C8H14N2. The minimum atomic E-state index is 0.853. The smallest absolute Gasteiger partial charge is 0.0201 e. The van der Waals surface area contributed by atoms with Crippen LogP contribution in [0.4, 0.5) is 0 Å². The summed E-state index contributed by atoms with van der Waals surface area (Å²) in [5.41, 5.74) is 0. The molecule has 10 heavy (non-hydrogen) atoms. The summed E-state index contributed by atoms with van der Waals surface area (Å²) in [5, 5.41) is 3.67. The quantitative estimate of drug-likeness (QED) is 0.509. The number of nitrogens with zero attached hydrogens (tertiary/aromatic N) is 1. The molecule has 0 aromatic carbocycles. The Morgan fingerprint density at radius 3 is 2.20 bits per heavy atom. The SMILES string of the molecule is C1C2C[C@@H]3CN(C2)CC1N3. The van der Waals surface area contributed by atoms with Crippen molar-refractivity contribution in [1.82, 2.24) is 10.2 Å². The van der Waals surface area contributed by atoms with Gasteiger partial charge in [0.1, 0.15) is 0 Å². The summed E-state index contributed by atoms with van der Waals surface area (Å²) in [6, 6.07) is 1.71. The van der Waals surface area contributed by atoms with Crippen LogP contribution < -0.4 is 5.32 Å². The Balaban J connectivity index is 1.90. The third-order valence-corrected chi connectivity index (χ3v) is 3.18. The molecule has 56 valence electrons. The maximum absolute atomic E-state index is 3.67. The molecule has 3 unspecified atom stereocenters. The molecule has 0 amide bonds. The first-order chi connectivity index (χ1) is 4.90. The number of hydrogen-bond donors (Lipinski definition) is 1. The van der Waals surface area contributed by atoms with Gasteiger partial charge in [-0.1, -0.05) is 0 Å². The van der Waals surface area contributed by atoms with Crippen molar-refractivity contribution in [1.29, 1.82) is 0 Å². The number of hydrogen-bond acceptors (Lipinski definition) is 2. The van der Waals surface area contributed by atoms with E-state index in [1.165, 1.54) is 32.5 Å². The van der Waals surface area contributed by atoms with E-state index < -0.39 is 0 Å². The second-order valence-corrected chi connectivity index (χ2v) is 4.12. The Bertz CT molecular complexity index is 98.8. The van der Waals surface area contributed by atoms with Gasteiger partial charge in [0.15, 0.2) is 0 Å². The lowest BCUT2D eigenvalue weighted by atomic mass is 9.80. The third kappa shape index (κ3) is 0.663. The van der Waals surface area contributed by atoms with Gasteiger partial charge in [0.2, 0.25) is 0 Å². The highest BCUT2D eigenvalue weighted by Crippen LogP contribution is 2.31. The predicted octanol–water partition coefficient (Wildman–Crippen LogP) is 0.0524. The van der Waals surface area contributed by atoms with Crippen molar-refractivity contribution in [3.05, 3.63) is 0 Å². The summed E-state index contributed by atoms with van der Waals surface area (Å²) in [6.07, 6.45) is 2.90. The zero-order valence-electron chi connectivity index (χ0n) is 6.21. The second kappa shape index (κ2) is 1.74. The summed E-state index contributed by atoms with van der Waals surface area (Å²) in [5.74, 6) is 1.04. The van der Waals surface area contributed by atoms with Crippen LogP contribution in [-0.4, -0.2) is 36.6 Å². The minimum Gasteiger partial charge on any atom is -0.309 e. The van der Waals surface area contributed by atoms with E-state index in [0.717, 1.165) is 18.0 Å². The normalized spacial score (nSPS) is 57.6. The fourth-order valence-corrected chi connectivity index (χ4v) is 2.99. The number of piperazine rings is 1. The van der Waals surface area contributed by atoms with Gasteiger partial charge < -0.3 is 5.32 Å². The fraction of sp³-hybridized carbons (Fsp3) is 1.00. The standard InChI is InChI=1S/C8H14N2/c1-6-2-8-5-10(3-6)4-7(1)9-8/h6-9H,1-5H2/t6?,7-,8?/m1/s1. The highest BCUT2D eigenvalue weighted by molar-refractivity contribution is 4.98. The van der Waals surface area contributed by atoms with Gasteiger partial charge in [-0.05, 0) is 18.8 Å². The molecule has 4 aliphatic rings. The Morgan fingerprint density at radius 2 is 1.70 bits per heavy atom. The number of nitrogens with one attached hydrogen (secondary N) is 1. The van der Waals surface area contributed by atoms with Crippen molar-refractivity contribution in [2.75, 3.05) is 19.6 Å². The van der Waals surface area contributed by atoms with E-state index in [0.29, 0.717) is 0 Å². The molecule has 4 heterocycles. The van der Waals surface area contributed by atoms with Crippen LogP contribution in [-0.2, 0) is 0 Å². The first kappa shape index (κ1) is 5.56. The summed E-state index contributed by atoms with van der Waals surface area (Å²) in [7, 11) is 0. The summed E-state index contributed by atoms with van der Waals surface area (Å²) >= 11 is 0. The molecule has 0 aromatic rings. The molecule has 4 fully saturated rings. The van der Waals surface area contributed by atoms with Gasteiger partial charge in [-0.15, -0.1) is 0 Å². The lowest BCUT2D eigenvalue weighted by Crippen LogP contribution is -2.66. The van der Waals surface area contributed by atoms with Crippen LogP contribution in [0.25, 0.3) is 0 Å². The topological polar surface area (TPSA) is 15.3 Å². The summed E-state index contributed by atoms with van der Waals surface area (Å²) in [4.78, 5) is 2.63. The highest BCUT2D eigenvalue weighted by Gasteiger charge is 2.40. The number of rotatable bonds is 0. The molecule has 0 saturated carbocycles. The molecule has 2 nitrogen and oxygen atoms in total. The van der Waals surface area contributed by atoms with Crippen LogP contribution in [0.2, 0.25) is 0 Å². The maximum atomic E-state index is 3.67. The molecule has 0 aliphatic carbocycles. The largest absolute Gasteiger partial charge is 0.309 e. The van der Waals surface area contributed by atoms with Gasteiger partial charge in [0, 0.05) is 31.7 Å². The van der Waals surface area contributed by atoms with Crippen molar-refractivity contribution >= 4 is 0 Å². The van der Waals surface area contributed by atoms with Crippen LogP contribution in [0.1, 0.15) is 12.8 Å². The van der Waals surface area contributed by atoms with Crippen LogP contribution in [0, 0.1) is 5.92 Å². The van der Waals surface area contributed by atoms with E-state index in [2.05, 4.69) is 10.2 Å². The van der Waals surface area contributed by atoms with Crippen LogP contribution in [0.3, 0.4) is 0 Å². The molecule has 0 aromatic heterocycles. The van der Waals surface area contributed by atoms with Crippen molar-refractivity contribution < 1.29 is 0 Å². The molecule has 0 radical (unpaired) electrons. The van der Waals surface area contributed by atoms with E-state index in [4.69, 9.17) is 0 Å². The van der Waals surface area contributed by atoms with Crippen molar-refractivity contribution in [2.24, 2.45) is 5.92 Å². The average Bonchev–Trinajstić information content (AvgIpc) is 1.82. The molecule has 4 bridgehead atoms. The minimum absolute atomic E-state index is 0.853. The molecule has 4 aliphatic heterocycles. The Labute approximate surface area is 61.6 Å². The summed E-state index contributed by atoms with van der Waals surface area (Å²) in [6.45, 7) is 4.05. The van der Waals surface area contributed by atoms with Crippen molar-refractivity contribution in [3.63, 3.8) is 0 Å². The Morgan fingerprint density at radius 1 is 1.00 bits per heavy atom. The van der Waals surface area contributed by atoms with Gasteiger partial charge in [0.05, 0.1) is 0 Å². The van der Waals surface area contributed by atoms with Gasteiger partial charge in [-0.2, -0.15) is 0 Å². The lowest BCUT2D eigenvalue weighted by molar-refractivity contribution is 0.0190. The van der Waals surface area contributed by atoms with E-state index in [9.17, 15) is 0 Å². The predicted molar refractivity (Wildman–Crippen MR) is 39.9 cm³/mol. The first-order valence-electron chi connectivity index (χ1n) is 4.38. The molecule has 4 atom stereocenters. The van der Waals surface area contributed by atoms with Gasteiger partial charge >= 0.3 is 0 Å². The van der Waals surface area contributed by atoms with Crippen molar-refractivity contribution in [2.45, 2.75) is 24.9 Å². The molecule has 1 N–H and O–H groups in total. The monoisotopic (exact) mass is 138 g/mol. The van der Waals surface area contributed by atoms with Crippen LogP contribution >= 0.6 is 0 Å². The van der Waals surface area contributed by atoms with Gasteiger partial charge in [-0.25, -0.2) is 0 Å². The zero-order chi connectivity index (χ0) is 6.55. The molecule has 0 spiro atoms. The second-order valence-electron chi connectivity index (χ2n) is 4.12. The van der Waals surface area contributed by atoms with Crippen LogP contribution in [0.15, 0.2) is 0 Å². The van der Waals surface area contributed by atoms with Crippen molar-refractivity contribution in [3.8, 4) is 0 Å². The molecule has 4 saturated heterocycles. The molecule has 4 rings (SSSR count). The fourth-order valence-electron chi connectivity index (χ4n) is 2.99. The van der Waals surface area contributed by atoms with E-state index in [1.54, 1.807) is 0 Å². The Hall–Kier alpha value is -0.0800. The molecular weight excluding hydrogens is 124 g/mol. The highest BCUT2D eigenvalue weighted by atomic mass is 15.2. The number of piperidine rings is 3. The zero-order valence-corrected chi connectivity index (χ0v) is 6.21. The lowest BCUT2D eigenvalue weighted by Gasteiger charge is -2.52. The summed E-state index contributed by atoms with van der Waals surface area (Å²) < 4.78 is 0. The Kier molecular flexibility index (Phi) is 0.968. The maximum Gasteiger partial charge on any atom is 0.0201 e. The van der Waals surface area contributed by atoms with E-state index in [1.807, 2.05) is 0 Å². The third-order valence-electron chi connectivity index (χ3n) is 3.18. The van der Waals surface area contributed by atoms with E-state index >= 15 is 0 Å². The van der Waals surface area contributed by atoms with Gasteiger partial charge in [0.25, 0.3) is 0 Å². The van der Waals surface area contributed by atoms with Gasteiger partial charge in [-0.3, -0.25) is 4.90 Å². The molecule has 2 heteroatoms. The van der Waals surface area contributed by atoms with Crippen LogP contribution in [0.5, 0.6) is 0 Å².